The molecular formula is C25H22BrFN2O3S2. The summed E-state index contributed by atoms with van der Waals surface area (Å²) in [6, 6.07) is 12.4. The van der Waals surface area contributed by atoms with Gasteiger partial charge in [-0.15, -0.1) is 0 Å². The highest BCUT2D eigenvalue weighted by Crippen LogP contribution is 2.35. The molecule has 0 saturated carbocycles. The van der Waals surface area contributed by atoms with Crippen LogP contribution >= 0.6 is 39.9 Å². The van der Waals surface area contributed by atoms with Crippen LogP contribution in [0.5, 0.6) is 5.75 Å². The van der Waals surface area contributed by atoms with Crippen LogP contribution in [-0.4, -0.2) is 45.6 Å². The standard InChI is InChI=1S/C25H22BrFN2O3S2/c26-17-7-8-21-19(13-17)16(14-28(21)9-11-32-22-6-2-1-5-20(22)27)12-23-24(30)29(25(33)34-23)15-18-4-3-10-31-18/h1-2,5-8,12-14,18H,3-4,9-11,15H2/b23-12-/t18-/m0/s1. The normalized spacial score (nSPS) is 19.6. The van der Waals surface area contributed by atoms with E-state index in [-0.39, 0.29) is 23.6 Å². The number of rotatable bonds is 7. The van der Waals surface area contributed by atoms with Gasteiger partial charge >= 0.3 is 0 Å². The lowest BCUT2D eigenvalue weighted by atomic mass is 10.1. The molecule has 0 radical (unpaired) electrons. The summed E-state index contributed by atoms with van der Waals surface area (Å²) >= 11 is 10.4. The first-order valence-corrected chi connectivity index (χ1v) is 13.0. The first-order valence-electron chi connectivity index (χ1n) is 11.0. The van der Waals surface area contributed by atoms with Gasteiger partial charge in [0, 0.05) is 33.7 Å². The van der Waals surface area contributed by atoms with Crippen LogP contribution in [0.3, 0.4) is 0 Å². The van der Waals surface area contributed by atoms with Crippen molar-refractivity contribution in [2.24, 2.45) is 0 Å². The molecule has 2 aliphatic heterocycles. The van der Waals surface area contributed by atoms with Gasteiger partial charge in [0.05, 0.1) is 24.1 Å². The molecule has 5 rings (SSSR count). The second-order valence-corrected chi connectivity index (χ2v) is 10.7. The number of nitrogens with zero attached hydrogens (tertiary/aromatic N) is 2. The Bertz CT molecular complexity index is 1290. The Morgan fingerprint density at radius 2 is 2.15 bits per heavy atom. The van der Waals surface area contributed by atoms with Gasteiger partial charge in [-0.3, -0.25) is 9.69 Å². The summed E-state index contributed by atoms with van der Waals surface area (Å²) in [5.41, 5.74) is 1.92. The summed E-state index contributed by atoms with van der Waals surface area (Å²) in [5, 5.41) is 1.00. The molecule has 1 aromatic heterocycles. The number of aromatic nitrogens is 1. The number of ether oxygens (including phenoxy) is 2. The Morgan fingerprint density at radius 1 is 1.29 bits per heavy atom. The summed E-state index contributed by atoms with van der Waals surface area (Å²) in [6.07, 6.45) is 5.91. The van der Waals surface area contributed by atoms with Crippen LogP contribution in [0.4, 0.5) is 4.39 Å². The van der Waals surface area contributed by atoms with Crippen LogP contribution in [0.25, 0.3) is 17.0 Å². The number of halogens is 2. The molecule has 5 nitrogen and oxygen atoms in total. The molecule has 3 heterocycles. The number of amides is 1. The van der Waals surface area contributed by atoms with Gasteiger partial charge in [0.25, 0.3) is 5.91 Å². The van der Waals surface area contributed by atoms with Crippen LogP contribution in [-0.2, 0) is 16.1 Å². The van der Waals surface area contributed by atoms with Gasteiger partial charge in [-0.25, -0.2) is 4.39 Å². The highest BCUT2D eigenvalue weighted by molar-refractivity contribution is 9.10. The molecule has 0 aliphatic carbocycles. The Labute approximate surface area is 215 Å². The maximum Gasteiger partial charge on any atom is 0.266 e. The molecule has 0 bridgehead atoms. The number of hydrogen-bond donors (Lipinski definition) is 0. The topological polar surface area (TPSA) is 43.7 Å². The molecule has 34 heavy (non-hydrogen) atoms. The first-order chi connectivity index (χ1) is 16.5. The number of carbonyl (C=O) groups is 1. The van der Waals surface area contributed by atoms with Crippen molar-refractivity contribution in [2.75, 3.05) is 19.8 Å². The van der Waals surface area contributed by atoms with E-state index in [4.69, 9.17) is 21.7 Å². The van der Waals surface area contributed by atoms with E-state index in [1.165, 1.54) is 17.8 Å². The number of hydrogen-bond acceptors (Lipinski definition) is 5. The summed E-state index contributed by atoms with van der Waals surface area (Å²) < 4.78 is 28.8. The van der Waals surface area contributed by atoms with Crippen LogP contribution < -0.4 is 4.74 Å². The average Bonchev–Trinajstić information content (AvgIpc) is 3.51. The number of para-hydroxylation sites is 1. The second-order valence-electron chi connectivity index (χ2n) is 8.15. The fourth-order valence-electron chi connectivity index (χ4n) is 4.20. The minimum Gasteiger partial charge on any atom is -0.489 e. The van der Waals surface area contributed by atoms with Gasteiger partial charge < -0.3 is 14.0 Å². The second kappa shape index (κ2) is 10.2. The molecule has 2 aliphatic rings. The van der Waals surface area contributed by atoms with Crippen molar-refractivity contribution in [2.45, 2.75) is 25.5 Å². The first kappa shape index (κ1) is 23.5. The molecular weight excluding hydrogens is 539 g/mol. The van der Waals surface area contributed by atoms with Gasteiger partial charge in [-0.1, -0.05) is 52.0 Å². The molecule has 2 saturated heterocycles. The predicted octanol–water partition coefficient (Wildman–Crippen LogP) is 6.00. The van der Waals surface area contributed by atoms with E-state index in [1.54, 1.807) is 23.1 Å². The summed E-state index contributed by atoms with van der Waals surface area (Å²) in [7, 11) is 0. The summed E-state index contributed by atoms with van der Waals surface area (Å²) in [6.45, 7) is 2.08. The Hall–Kier alpha value is -2.20. The molecule has 0 unspecified atom stereocenters. The predicted molar refractivity (Wildman–Crippen MR) is 140 cm³/mol. The molecule has 1 atom stereocenters. The molecule has 9 heteroatoms. The maximum absolute atomic E-state index is 13.9. The fourth-order valence-corrected chi connectivity index (χ4v) is 5.83. The van der Waals surface area contributed by atoms with E-state index in [1.807, 2.05) is 30.5 Å². The molecule has 176 valence electrons. The maximum atomic E-state index is 13.9. The van der Waals surface area contributed by atoms with Crippen LogP contribution in [0, 0.1) is 5.82 Å². The van der Waals surface area contributed by atoms with Crippen molar-refractivity contribution in [1.82, 2.24) is 9.47 Å². The lowest BCUT2D eigenvalue weighted by molar-refractivity contribution is -0.123. The van der Waals surface area contributed by atoms with E-state index in [2.05, 4.69) is 20.5 Å². The van der Waals surface area contributed by atoms with E-state index < -0.39 is 0 Å². The third-order valence-corrected chi connectivity index (χ3v) is 7.74. The smallest absolute Gasteiger partial charge is 0.266 e. The third kappa shape index (κ3) is 4.93. The van der Waals surface area contributed by atoms with Gasteiger partial charge in [0.15, 0.2) is 11.6 Å². The number of fused-ring (bicyclic) bond motifs is 1. The van der Waals surface area contributed by atoms with Crippen molar-refractivity contribution in [3.05, 3.63) is 69.4 Å². The molecule has 1 amide bonds. The van der Waals surface area contributed by atoms with Crippen molar-refractivity contribution in [1.29, 1.82) is 0 Å². The van der Waals surface area contributed by atoms with E-state index >= 15 is 0 Å². The number of benzene rings is 2. The zero-order valence-electron chi connectivity index (χ0n) is 18.2. The van der Waals surface area contributed by atoms with E-state index in [9.17, 15) is 9.18 Å². The van der Waals surface area contributed by atoms with E-state index in [0.717, 1.165) is 40.4 Å². The minimum absolute atomic E-state index is 0.0502. The van der Waals surface area contributed by atoms with Gasteiger partial charge in [-0.05, 0) is 49.2 Å². The van der Waals surface area contributed by atoms with Gasteiger partial charge in [0.1, 0.15) is 10.9 Å². The van der Waals surface area contributed by atoms with Crippen molar-refractivity contribution < 1.29 is 18.7 Å². The molecule has 0 spiro atoms. The third-order valence-electron chi connectivity index (χ3n) is 5.87. The number of thioether (sulfide) groups is 1. The van der Waals surface area contributed by atoms with Gasteiger partial charge in [0.2, 0.25) is 0 Å². The SMILES string of the molecule is O=C1/C(=C/c2cn(CCOc3ccccc3F)c3ccc(Br)cc23)SC(=S)N1C[C@@H]1CCCO1. The van der Waals surface area contributed by atoms with Crippen molar-refractivity contribution in [3.8, 4) is 5.75 Å². The van der Waals surface area contributed by atoms with Crippen molar-refractivity contribution in [3.63, 3.8) is 0 Å². The monoisotopic (exact) mass is 560 g/mol. The Kier molecular flexibility index (Phi) is 7.06. The quantitative estimate of drug-likeness (QED) is 0.262. The zero-order chi connectivity index (χ0) is 23.7. The highest BCUT2D eigenvalue weighted by Gasteiger charge is 2.34. The molecule has 3 aromatic rings. The number of thiocarbonyl (C=S) groups is 1. The lowest BCUT2D eigenvalue weighted by Gasteiger charge is -2.18. The average molecular weight is 561 g/mol. The molecule has 0 N–H and O–H groups in total. The minimum atomic E-state index is -0.380. The zero-order valence-corrected chi connectivity index (χ0v) is 21.4. The van der Waals surface area contributed by atoms with Crippen LogP contribution in [0.2, 0.25) is 0 Å². The van der Waals surface area contributed by atoms with Crippen molar-refractivity contribution >= 4 is 67.1 Å². The lowest BCUT2D eigenvalue weighted by Crippen LogP contribution is -2.35. The van der Waals surface area contributed by atoms with Crippen LogP contribution in [0.15, 0.2) is 58.0 Å². The summed E-state index contributed by atoms with van der Waals surface area (Å²) in [5.74, 6) is -0.226. The molecule has 2 aromatic carbocycles. The fraction of sp³-hybridized carbons (Fsp3) is 0.280. The van der Waals surface area contributed by atoms with Gasteiger partial charge in [-0.2, -0.15) is 0 Å². The largest absolute Gasteiger partial charge is 0.489 e. The summed E-state index contributed by atoms with van der Waals surface area (Å²) in [4.78, 5) is 15.4. The van der Waals surface area contributed by atoms with Crippen LogP contribution in [0.1, 0.15) is 18.4 Å². The van der Waals surface area contributed by atoms with E-state index in [0.29, 0.717) is 28.9 Å². The Balaban J connectivity index is 1.38. The molecule has 2 fully saturated rings. The number of carbonyl (C=O) groups excluding carboxylic acids is 1. The Morgan fingerprint density at radius 3 is 2.94 bits per heavy atom. The highest BCUT2D eigenvalue weighted by atomic mass is 79.9.